The van der Waals surface area contributed by atoms with E-state index in [4.69, 9.17) is 28.7 Å². The summed E-state index contributed by atoms with van der Waals surface area (Å²) >= 11 is 0. The van der Waals surface area contributed by atoms with E-state index < -0.39 is 17.8 Å². The largest absolute Gasteiger partial charge is 0.493 e. The second-order valence-corrected chi connectivity index (χ2v) is 10.5. The molecule has 0 aromatic heterocycles. The lowest BCUT2D eigenvalue weighted by molar-refractivity contribution is -0.143. The first-order valence-electron chi connectivity index (χ1n) is 13.8. The third-order valence-corrected chi connectivity index (χ3v) is 7.40. The number of benzene rings is 2. The number of carbonyl (C=O) groups is 2. The van der Waals surface area contributed by atoms with Crippen LogP contribution in [0.5, 0.6) is 23.0 Å². The Morgan fingerprint density at radius 2 is 1.52 bits per heavy atom. The average molecular weight is 550 g/mol. The Kier molecular flexibility index (Phi) is 9.17. The van der Waals surface area contributed by atoms with Crippen molar-refractivity contribution in [1.82, 2.24) is 0 Å². The predicted octanol–water partition coefficient (Wildman–Crippen LogP) is 6.03. The third-order valence-electron chi connectivity index (χ3n) is 7.40. The topological polar surface area (TPSA) is 92.7 Å². The number of Topliss-reactive ketones (excluding diaryl/α,β-unsaturated/α-hetero) is 1. The molecule has 4 rings (SSSR count). The summed E-state index contributed by atoms with van der Waals surface area (Å²) in [5, 5.41) is 0. The minimum absolute atomic E-state index is 0.0300. The van der Waals surface area contributed by atoms with Gasteiger partial charge in [-0.25, -0.2) is 4.79 Å². The molecule has 3 atom stereocenters. The SMILES string of the molecule is CCCOc1ccc([C@@H]2C(C(=O)OC(C)C)=C(C)N=C3C[C@@H](c4ccc(OC)c(OC)c4)CC(=O)C32)cc1OC. The number of carbonyl (C=O) groups excluding carboxylic acids is 2. The summed E-state index contributed by atoms with van der Waals surface area (Å²) in [6, 6.07) is 11.4. The molecule has 0 N–H and O–H groups in total. The van der Waals surface area contributed by atoms with Gasteiger partial charge in [0.15, 0.2) is 23.0 Å². The first-order valence-corrected chi connectivity index (χ1v) is 13.8. The van der Waals surface area contributed by atoms with E-state index in [0.717, 1.165) is 23.3 Å². The summed E-state index contributed by atoms with van der Waals surface area (Å²) in [6.45, 7) is 8.02. The van der Waals surface area contributed by atoms with E-state index in [-0.39, 0.29) is 17.8 Å². The molecule has 0 amide bonds. The summed E-state index contributed by atoms with van der Waals surface area (Å²) in [7, 11) is 4.77. The molecule has 0 radical (unpaired) electrons. The van der Waals surface area contributed by atoms with Crippen LogP contribution in [0.2, 0.25) is 0 Å². The first kappa shape index (κ1) is 29.2. The van der Waals surface area contributed by atoms with Gasteiger partial charge in [0, 0.05) is 23.7 Å². The van der Waals surface area contributed by atoms with Crippen LogP contribution in [0.15, 0.2) is 52.7 Å². The van der Waals surface area contributed by atoms with Crippen LogP contribution >= 0.6 is 0 Å². The highest BCUT2D eigenvalue weighted by molar-refractivity contribution is 6.12. The molecule has 214 valence electrons. The maximum Gasteiger partial charge on any atom is 0.336 e. The maximum atomic E-state index is 14.0. The minimum atomic E-state index is -0.582. The number of methoxy groups -OCH3 is 3. The van der Waals surface area contributed by atoms with Gasteiger partial charge >= 0.3 is 5.97 Å². The number of ketones is 1. The van der Waals surface area contributed by atoms with E-state index >= 15 is 0 Å². The normalized spacial score (nSPS) is 20.6. The van der Waals surface area contributed by atoms with E-state index in [1.54, 1.807) is 21.3 Å². The van der Waals surface area contributed by atoms with Crippen LogP contribution in [0.1, 0.15) is 69.9 Å². The van der Waals surface area contributed by atoms with Gasteiger partial charge in [-0.3, -0.25) is 9.79 Å². The quantitative estimate of drug-likeness (QED) is 0.334. The smallest absolute Gasteiger partial charge is 0.336 e. The number of hydrogen-bond acceptors (Lipinski definition) is 8. The molecular formula is C32H39NO7. The van der Waals surface area contributed by atoms with E-state index in [1.807, 2.05) is 64.1 Å². The van der Waals surface area contributed by atoms with Gasteiger partial charge in [0.05, 0.1) is 45.5 Å². The van der Waals surface area contributed by atoms with Crippen molar-refractivity contribution in [3.8, 4) is 23.0 Å². The van der Waals surface area contributed by atoms with Crippen LogP contribution in [-0.2, 0) is 14.3 Å². The fraction of sp³-hybridized carbons (Fsp3) is 0.469. The zero-order valence-electron chi connectivity index (χ0n) is 24.4. The molecule has 8 heteroatoms. The Morgan fingerprint density at radius 3 is 2.17 bits per heavy atom. The second-order valence-electron chi connectivity index (χ2n) is 10.5. The Hall–Kier alpha value is -3.81. The standard InChI is InChI=1S/C32H39NO7/c1-8-13-39-26-12-10-21(17-28(26)38-7)30-29(32(35)40-18(2)3)19(4)33-23-14-22(15-24(34)31(23)30)20-9-11-25(36-5)27(16-20)37-6/h9-12,16-18,22,30-31H,8,13-15H2,1-7H3/t22-,30-,31?/m1/s1. The number of nitrogens with zero attached hydrogens (tertiary/aromatic N) is 1. The number of aliphatic imine (C=N–C) groups is 1. The minimum Gasteiger partial charge on any atom is -0.493 e. The molecule has 1 aliphatic carbocycles. The summed E-state index contributed by atoms with van der Waals surface area (Å²) < 4.78 is 28.0. The molecule has 0 bridgehead atoms. The lowest BCUT2D eigenvalue weighted by atomic mass is 9.66. The highest BCUT2D eigenvalue weighted by Gasteiger charge is 2.46. The van der Waals surface area contributed by atoms with E-state index in [2.05, 4.69) is 0 Å². The van der Waals surface area contributed by atoms with E-state index in [9.17, 15) is 9.59 Å². The highest BCUT2D eigenvalue weighted by Crippen LogP contribution is 2.48. The highest BCUT2D eigenvalue weighted by atomic mass is 16.5. The van der Waals surface area contributed by atoms with Crippen molar-refractivity contribution >= 4 is 17.5 Å². The Labute approximate surface area is 236 Å². The maximum absolute atomic E-state index is 14.0. The lowest BCUT2D eigenvalue weighted by Gasteiger charge is -2.38. The molecule has 40 heavy (non-hydrogen) atoms. The Morgan fingerprint density at radius 1 is 0.900 bits per heavy atom. The van der Waals surface area contributed by atoms with Crippen molar-refractivity contribution < 1.29 is 33.3 Å². The van der Waals surface area contributed by atoms with Gasteiger partial charge in [-0.15, -0.1) is 0 Å². The first-order chi connectivity index (χ1) is 19.2. The van der Waals surface area contributed by atoms with Crippen molar-refractivity contribution in [2.75, 3.05) is 27.9 Å². The molecule has 0 spiro atoms. The number of hydrogen-bond donors (Lipinski definition) is 0. The molecule has 0 saturated heterocycles. The average Bonchev–Trinajstić information content (AvgIpc) is 2.94. The molecule has 2 aliphatic rings. The molecular weight excluding hydrogens is 510 g/mol. The van der Waals surface area contributed by atoms with Gasteiger partial charge < -0.3 is 23.7 Å². The second kappa shape index (κ2) is 12.6. The Balaban J connectivity index is 1.78. The third kappa shape index (κ3) is 5.86. The van der Waals surface area contributed by atoms with Crippen LogP contribution in [0, 0.1) is 5.92 Å². The molecule has 2 aromatic rings. The molecule has 2 aromatic carbocycles. The fourth-order valence-electron chi connectivity index (χ4n) is 5.63. The summed E-state index contributed by atoms with van der Waals surface area (Å²) in [4.78, 5) is 32.2. The predicted molar refractivity (Wildman–Crippen MR) is 153 cm³/mol. The number of esters is 1. The van der Waals surface area contributed by atoms with Gasteiger partial charge in [0.1, 0.15) is 5.78 Å². The molecule has 1 fully saturated rings. The van der Waals surface area contributed by atoms with Gasteiger partial charge in [-0.2, -0.15) is 0 Å². The van der Waals surface area contributed by atoms with Crippen molar-refractivity contribution in [2.45, 2.75) is 64.9 Å². The zero-order chi connectivity index (χ0) is 29.0. The molecule has 8 nitrogen and oxygen atoms in total. The van der Waals surface area contributed by atoms with Gasteiger partial charge in [0.2, 0.25) is 0 Å². The van der Waals surface area contributed by atoms with Crippen LogP contribution in [0.4, 0.5) is 0 Å². The van der Waals surface area contributed by atoms with Gasteiger partial charge in [-0.1, -0.05) is 19.1 Å². The lowest BCUT2D eigenvalue weighted by Crippen LogP contribution is -2.41. The van der Waals surface area contributed by atoms with Crippen molar-refractivity contribution in [2.24, 2.45) is 10.9 Å². The number of allylic oxidation sites excluding steroid dienone is 1. The fourth-order valence-corrected chi connectivity index (χ4v) is 5.63. The zero-order valence-corrected chi connectivity index (χ0v) is 24.4. The van der Waals surface area contributed by atoms with E-state index in [0.29, 0.717) is 53.7 Å². The van der Waals surface area contributed by atoms with Crippen LogP contribution in [-0.4, -0.2) is 51.5 Å². The van der Waals surface area contributed by atoms with Crippen molar-refractivity contribution in [3.05, 3.63) is 58.8 Å². The molecule has 1 unspecified atom stereocenters. The Bertz CT molecular complexity index is 1330. The molecule has 1 heterocycles. The van der Waals surface area contributed by atoms with Crippen LogP contribution in [0.3, 0.4) is 0 Å². The van der Waals surface area contributed by atoms with Gasteiger partial charge in [0.25, 0.3) is 0 Å². The van der Waals surface area contributed by atoms with Crippen LogP contribution < -0.4 is 18.9 Å². The van der Waals surface area contributed by atoms with Gasteiger partial charge in [-0.05, 0) is 74.9 Å². The van der Waals surface area contributed by atoms with E-state index in [1.165, 1.54) is 0 Å². The van der Waals surface area contributed by atoms with Crippen molar-refractivity contribution in [1.29, 1.82) is 0 Å². The number of fused-ring (bicyclic) bond motifs is 1. The molecule has 1 aliphatic heterocycles. The number of rotatable bonds is 10. The van der Waals surface area contributed by atoms with Crippen LogP contribution in [0.25, 0.3) is 0 Å². The monoisotopic (exact) mass is 549 g/mol. The summed E-state index contributed by atoms with van der Waals surface area (Å²) in [5.74, 6) is 0.791. The summed E-state index contributed by atoms with van der Waals surface area (Å²) in [6.07, 6.45) is 1.45. The number of ether oxygens (including phenoxy) is 5. The molecule has 1 saturated carbocycles. The summed E-state index contributed by atoms with van der Waals surface area (Å²) in [5.41, 5.74) is 3.50. The van der Waals surface area contributed by atoms with Crippen molar-refractivity contribution in [3.63, 3.8) is 0 Å².